The Balaban J connectivity index is 2.57. The summed E-state index contributed by atoms with van der Waals surface area (Å²) >= 11 is 0. The molecule has 0 radical (unpaired) electrons. The molecular weight excluding hydrogens is 236 g/mol. The molecule has 1 rings (SSSR count). The lowest BCUT2D eigenvalue weighted by atomic mass is 10.2. The summed E-state index contributed by atoms with van der Waals surface area (Å²) in [5.41, 5.74) is 0.179. The summed E-state index contributed by atoms with van der Waals surface area (Å²) in [5, 5.41) is 8.86. The van der Waals surface area contributed by atoms with Crippen LogP contribution in [0, 0.1) is 0 Å². The molecule has 0 aliphatic heterocycles. The Labute approximate surface area is 106 Å². The number of aromatic carboxylic acids is 1. The minimum Gasteiger partial charge on any atom is -0.493 e. The lowest BCUT2D eigenvalue weighted by Gasteiger charge is -2.11. The van der Waals surface area contributed by atoms with Gasteiger partial charge in [-0.2, -0.15) is 0 Å². The molecule has 1 aromatic rings. The van der Waals surface area contributed by atoms with Gasteiger partial charge in [0.2, 0.25) is 0 Å². The molecule has 0 spiro atoms. The zero-order chi connectivity index (χ0) is 13.4. The highest BCUT2D eigenvalue weighted by Gasteiger charge is 2.09. The van der Waals surface area contributed by atoms with Gasteiger partial charge in [0.05, 0.1) is 19.3 Å². The fourth-order valence-electron chi connectivity index (χ4n) is 1.45. The van der Waals surface area contributed by atoms with Crippen molar-refractivity contribution < 1.29 is 24.1 Å². The molecule has 5 heteroatoms. The summed E-state index contributed by atoms with van der Waals surface area (Å²) < 4.78 is 15.6. The Morgan fingerprint density at radius 1 is 1.17 bits per heavy atom. The first-order valence-electron chi connectivity index (χ1n) is 5.72. The minimum atomic E-state index is -0.986. The third-order valence-electron chi connectivity index (χ3n) is 2.41. The van der Waals surface area contributed by atoms with Crippen molar-refractivity contribution in [3.05, 3.63) is 23.8 Å². The van der Waals surface area contributed by atoms with Crippen LogP contribution in [0.3, 0.4) is 0 Å². The first kappa shape index (κ1) is 14.3. The van der Waals surface area contributed by atoms with Crippen molar-refractivity contribution in [1.82, 2.24) is 0 Å². The number of rotatable bonds is 8. The summed E-state index contributed by atoms with van der Waals surface area (Å²) in [6.07, 6.45) is 1.80. The Bertz CT molecular complexity index is 389. The Morgan fingerprint density at radius 3 is 2.50 bits per heavy atom. The Hall–Kier alpha value is -1.75. The van der Waals surface area contributed by atoms with Gasteiger partial charge < -0.3 is 19.3 Å². The van der Waals surface area contributed by atoms with E-state index in [4.69, 9.17) is 19.3 Å². The first-order chi connectivity index (χ1) is 8.69. The van der Waals surface area contributed by atoms with Crippen molar-refractivity contribution in [2.75, 3.05) is 27.4 Å². The first-order valence-corrected chi connectivity index (χ1v) is 5.72. The van der Waals surface area contributed by atoms with Crippen LogP contribution in [-0.2, 0) is 4.74 Å². The van der Waals surface area contributed by atoms with E-state index < -0.39 is 5.97 Å². The van der Waals surface area contributed by atoms with Crippen molar-refractivity contribution in [3.8, 4) is 11.5 Å². The normalized spacial score (nSPS) is 10.1. The number of ether oxygens (including phenoxy) is 3. The number of unbranched alkanes of at least 4 members (excludes halogenated alkanes) is 1. The van der Waals surface area contributed by atoms with E-state index in [1.54, 1.807) is 13.2 Å². The number of carboxylic acids is 1. The summed E-state index contributed by atoms with van der Waals surface area (Å²) in [6.45, 7) is 1.25. The highest BCUT2D eigenvalue weighted by atomic mass is 16.5. The van der Waals surface area contributed by atoms with Crippen LogP contribution in [0.4, 0.5) is 0 Å². The summed E-state index contributed by atoms with van der Waals surface area (Å²) in [5.74, 6) is 0.00139. The van der Waals surface area contributed by atoms with E-state index in [0.717, 1.165) is 12.8 Å². The van der Waals surface area contributed by atoms with Gasteiger partial charge in [-0.25, -0.2) is 4.79 Å². The van der Waals surface area contributed by atoms with Crippen molar-refractivity contribution in [1.29, 1.82) is 0 Å². The molecule has 0 bridgehead atoms. The van der Waals surface area contributed by atoms with E-state index >= 15 is 0 Å². The van der Waals surface area contributed by atoms with E-state index in [2.05, 4.69) is 0 Å². The van der Waals surface area contributed by atoms with Crippen molar-refractivity contribution >= 4 is 5.97 Å². The van der Waals surface area contributed by atoms with Crippen LogP contribution in [0.25, 0.3) is 0 Å². The molecule has 0 unspecified atom stereocenters. The summed E-state index contributed by atoms with van der Waals surface area (Å²) in [6, 6.07) is 4.56. The van der Waals surface area contributed by atoms with Crippen molar-refractivity contribution in [2.24, 2.45) is 0 Å². The summed E-state index contributed by atoms with van der Waals surface area (Å²) in [4.78, 5) is 10.8. The summed E-state index contributed by atoms with van der Waals surface area (Å²) in [7, 11) is 3.15. The van der Waals surface area contributed by atoms with Crippen molar-refractivity contribution in [3.63, 3.8) is 0 Å². The lowest BCUT2D eigenvalue weighted by molar-refractivity contribution is 0.0696. The molecule has 5 nitrogen and oxygen atoms in total. The maximum Gasteiger partial charge on any atom is 0.335 e. The molecule has 0 saturated carbocycles. The van der Waals surface area contributed by atoms with Crippen LogP contribution < -0.4 is 9.47 Å². The third kappa shape index (κ3) is 4.25. The molecule has 100 valence electrons. The Morgan fingerprint density at radius 2 is 1.89 bits per heavy atom. The van der Waals surface area contributed by atoms with E-state index in [0.29, 0.717) is 24.7 Å². The predicted molar refractivity (Wildman–Crippen MR) is 66.6 cm³/mol. The van der Waals surface area contributed by atoms with Gasteiger partial charge in [0.25, 0.3) is 0 Å². The molecular formula is C13H18O5. The average molecular weight is 254 g/mol. The van der Waals surface area contributed by atoms with Crippen LogP contribution in [0.5, 0.6) is 11.5 Å². The molecule has 18 heavy (non-hydrogen) atoms. The van der Waals surface area contributed by atoms with Gasteiger partial charge in [0.1, 0.15) is 0 Å². The molecule has 0 amide bonds. The number of hydrogen-bond acceptors (Lipinski definition) is 4. The van der Waals surface area contributed by atoms with Gasteiger partial charge >= 0.3 is 5.97 Å². The molecule has 0 heterocycles. The Kier molecular flexibility index (Phi) is 6.00. The number of hydrogen-bond donors (Lipinski definition) is 1. The van der Waals surface area contributed by atoms with Crippen LogP contribution in [0.2, 0.25) is 0 Å². The van der Waals surface area contributed by atoms with Gasteiger partial charge in [-0.3, -0.25) is 0 Å². The quantitative estimate of drug-likeness (QED) is 0.720. The maximum atomic E-state index is 10.8. The van der Waals surface area contributed by atoms with E-state index in [1.165, 1.54) is 19.2 Å². The average Bonchev–Trinajstić information content (AvgIpc) is 2.38. The van der Waals surface area contributed by atoms with Crippen LogP contribution >= 0.6 is 0 Å². The fraction of sp³-hybridized carbons (Fsp3) is 0.462. The van der Waals surface area contributed by atoms with Gasteiger partial charge in [0.15, 0.2) is 11.5 Å². The van der Waals surface area contributed by atoms with Gasteiger partial charge in [0, 0.05) is 13.7 Å². The van der Waals surface area contributed by atoms with Crippen LogP contribution in [-0.4, -0.2) is 38.5 Å². The molecule has 0 aromatic heterocycles. The zero-order valence-electron chi connectivity index (χ0n) is 10.6. The number of carbonyl (C=O) groups is 1. The molecule has 0 aliphatic rings. The SMILES string of the molecule is COCCCCOc1ccc(C(=O)O)cc1OC. The topological polar surface area (TPSA) is 65.0 Å². The molecule has 1 N–H and O–H groups in total. The number of methoxy groups -OCH3 is 2. The smallest absolute Gasteiger partial charge is 0.335 e. The van der Waals surface area contributed by atoms with Crippen LogP contribution in [0.15, 0.2) is 18.2 Å². The van der Waals surface area contributed by atoms with E-state index in [9.17, 15) is 4.79 Å². The standard InChI is InChI=1S/C13H18O5/c1-16-7-3-4-8-18-11-6-5-10(13(14)15)9-12(11)17-2/h5-6,9H,3-4,7-8H2,1-2H3,(H,14,15). The number of carboxylic acid groups (broad SMARTS) is 1. The molecule has 0 fully saturated rings. The van der Waals surface area contributed by atoms with Gasteiger partial charge in [-0.1, -0.05) is 0 Å². The minimum absolute atomic E-state index is 0.179. The second-order valence-electron chi connectivity index (χ2n) is 3.72. The molecule has 0 saturated heterocycles. The fourth-order valence-corrected chi connectivity index (χ4v) is 1.45. The predicted octanol–water partition coefficient (Wildman–Crippen LogP) is 2.20. The maximum absolute atomic E-state index is 10.8. The molecule has 0 atom stereocenters. The lowest BCUT2D eigenvalue weighted by Crippen LogP contribution is -2.03. The van der Waals surface area contributed by atoms with Gasteiger partial charge in [-0.05, 0) is 31.0 Å². The second-order valence-corrected chi connectivity index (χ2v) is 3.72. The van der Waals surface area contributed by atoms with E-state index in [-0.39, 0.29) is 5.56 Å². The highest BCUT2D eigenvalue weighted by Crippen LogP contribution is 2.28. The van der Waals surface area contributed by atoms with Gasteiger partial charge in [-0.15, -0.1) is 0 Å². The highest BCUT2D eigenvalue weighted by molar-refractivity contribution is 5.88. The molecule has 1 aromatic carbocycles. The molecule has 0 aliphatic carbocycles. The van der Waals surface area contributed by atoms with Crippen LogP contribution in [0.1, 0.15) is 23.2 Å². The number of benzene rings is 1. The van der Waals surface area contributed by atoms with Crippen molar-refractivity contribution in [2.45, 2.75) is 12.8 Å². The zero-order valence-corrected chi connectivity index (χ0v) is 10.6. The van der Waals surface area contributed by atoms with E-state index in [1.807, 2.05) is 0 Å². The second kappa shape index (κ2) is 7.55. The monoisotopic (exact) mass is 254 g/mol. The largest absolute Gasteiger partial charge is 0.493 e. The third-order valence-corrected chi connectivity index (χ3v) is 2.41.